The van der Waals surface area contributed by atoms with Crippen molar-refractivity contribution in [1.29, 1.82) is 0 Å². The molecule has 1 heterocycles. The molecule has 0 spiro atoms. The fourth-order valence-electron chi connectivity index (χ4n) is 1.24. The quantitative estimate of drug-likeness (QED) is 0.846. The predicted octanol–water partition coefficient (Wildman–Crippen LogP) is 4.30. The highest BCUT2D eigenvalue weighted by Gasteiger charge is 2.07. The van der Waals surface area contributed by atoms with Crippen LogP contribution in [0.5, 0.6) is 17.4 Å². The van der Waals surface area contributed by atoms with Crippen molar-refractivity contribution in [3.8, 4) is 17.4 Å². The van der Waals surface area contributed by atoms with E-state index in [0.29, 0.717) is 16.7 Å². The van der Waals surface area contributed by atoms with Crippen molar-refractivity contribution < 1.29 is 9.47 Å². The first kappa shape index (κ1) is 12.2. The molecule has 0 saturated carbocycles. The fourth-order valence-corrected chi connectivity index (χ4v) is 1.84. The van der Waals surface area contributed by atoms with E-state index in [2.05, 4.69) is 20.9 Å². The molecule has 17 heavy (non-hydrogen) atoms. The lowest BCUT2D eigenvalue weighted by Crippen LogP contribution is -1.90. The largest absolute Gasteiger partial charge is 0.497 e. The van der Waals surface area contributed by atoms with Crippen LogP contribution in [0.3, 0.4) is 0 Å². The Bertz CT molecular complexity index is 534. The molecule has 0 bridgehead atoms. The summed E-state index contributed by atoms with van der Waals surface area (Å²) in [6.45, 7) is 0. The number of pyridine rings is 1. The van der Waals surface area contributed by atoms with E-state index in [1.165, 1.54) is 0 Å². The zero-order chi connectivity index (χ0) is 12.3. The number of ether oxygens (including phenoxy) is 2. The van der Waals surface area contributed by atoms with Gasteiger partial charge < -0.3 is 9.47 Å². The van der Waals surface area contributed by atoms with Gasteiger partial charge in [-0.25, -0.2) is 4.98 Å². The van der Waals surface area contributed by atoms with E-state index < -0.39 is 0 Å². The standard InChI is InChI=1S/C12H9BrClNO2/c1-16-8-4-5-11(9(13)7-8)17-12-10(14)3-2-6-15-12/h2-7H,1H3. The number of hydrogen-bond donors (Lipinski definition) is 0. The van der Waals surface area contributed by atoms with Gasteiger partial charge in [0, 0.05) is 6.20 Å². The van der Waals surface area contributed by atoms with Gasteiger partial charge >= 0.3 is 0 Å². The number of hydrogen-bond acceptors (Lipinski definition) is 3. The Hall–Kier alpha value is -1.26. The van der Waals surface area contributed by atoms with Crippen LogP contribution in [0, 0.1) is 0 Å². The van der Waals surface area contributed by atoms with E-state index in [9.17, 15) is 0 Å². The Labute approximate surface area is 112 Å². The van der Waals surface area contributed by atoms with Gasteiger partial charge in [-0.2, -0.15) is 0 Å². The van der Waals surface area contributed by atoms with Crippen molar-refractivity contribution in [3.63, 3.8) is 0 Å². The van der Waals surface area contributed by atoms with Gasteiger partial charge in [0.05, 0.1) is 11.6 Å². The van der Waals surface area contributed by atoms with E-state index >= 15 is 0 Å². The van der Waals surface area contributed by atoms with Crippen LogP contribution < -0.4 is 9.47 Å². The third-order valence-electron chi connectivity index (χ3n) is 2.07. The van der Waals surface area contributed by atoms with Crippen LogP contribution in [0.1, 0.15) is 0 Å². The monoisotopic (exact) mass is 313 g/mol. The second-order valence-corrected chi connectivity index (χ2v) is 4.45. The Balaban J connectivity index is 2.28. The Kier molecular flexibility index (Phi) is 3.86. The molecule has 1 aromatic carbocycles. The average Bonchev–Trinajstić information content (AvgIpc) is 2.34. The number of nitrogens with zero attached hydrogens (tertiary/aromatic N) is 1. The first-order chi connectivity index (χ1) is 8.20. The SMILES string of the molecule is COc1ccc(Oc2ncccc2Cl)c(Br)c1. The van der Waals surface area contributed by atoms with Crippen molar-refractivity contribution in [1.82, 2.24) is 4.98 Å². The lowest BCUT2D eigenvalue weighted by atomic mass is 10.3. The zero-order valence-electron chi connectivity index (χ0n) is 8.98. The first-order valence-corrected chi connectivity index (χ1v) is 5.99. The topological polar surface area (TPSA) is 31.4 Å². The van der Waals surface area contributed by atoms with Gasteiger partial charge in [-0.05, 0) is 46.3 Å². The van der Waals surface area contributed by atoms with Gasteiger partial charge in [-0.15, -0.1) is 0 Å². The summed E-state index contributed by atoms with van der Waals surface area (Å²) in [7, 11) is 1.61. The molecule has 0 radical (unpaired) electrons. The van der Waals surface area contributed by atoms with Gasteiger partial charge in [0.15, 0.2) is 0 Å². The molecule has 3 nitrogen and oxygen atoms in total. The second kappa shape index (κ2) is 5.38. The number of aromatic nitrogens is 1. The summed E-state index contributed by atoms with van der Waals surface area (Å²) in [4.78, 5) is 4.05. The van der Waals surface area contributed by atoms with Gasteiger partial charge in [-0.3, -0.25) is 0 Å². The summed E-state index contributed by atoms with van der Waals surface area (Å²) in [6, 6.07) is 8.87. The van der Waals surface area contributed by atoms with E-state index in [1.807, 2.05) is 6.07 Å². The molecule has 0 N–H and O–H groups in total. The summed E-state index contributed by atoms with van der Waals surface area (Å²) >= 11 is 9.35. The number of rotatable bonds is 3. The molecular weight excluding hydrogens is 305 g/mol. The minimum Gasteiger partial charge on any atom is -0.497 e. The molecule has 2 rings (SSSR count). The van der Waals surface area contributed by atoms with Crippen LogP contribution in [0.15, 0.2) is 41.0 Å². The van der Waals surface area contributed by atoms with Crippen LogP contribution in [0.25, 0.3) is 0 Å². The molecule has 0 unspecified atom stereocenters. The summed E-state index contributed by atoms with van der Waals surface area (Å²) in [5.74, 6) is 1.75. The lowest BCUT2D eigenvalue weighted by Gasteiger charge is -2.09. The Morgan fingerprint density at radius 1 is 1.29 bits per heavy atom. The van der Waals surface area contributed by atoms with Gasteiger partial charge in [0.1, 0.15) is 16.5 Å². The third-order valence-corrected chi connectivity index (χ3v) is 2.98. The third kappa shape index (κ3) is 2.90. The maximum absolute atomic E-state index is 5.96. The van der Waals surface area contributed by atoms with Crippen LogP contribution >= 0.6 is 27.5 Å². The maximum atomic E-state index is 5.96. The molecule has 0 aliphatic rings. The highest BCUT2D eigenvalue weighted by Crippen LogP contribution is 2.34. The second-order valence-electron chi connectivity index (χ2n) is 3.19. The summed E-state index contributed by atoms with van der Waals surface area (Å²) in [6.07, 6.45) is 1.62. The van der Waals surface area contributed by atoms with Gasteiger partial charge in [-0.1, -0.05) is 11.6 Å². The Morgan fingerprint density at radius 3 is 2.76 bits per heavy atom. The minimum absolute atomic E-state index is 0.375. The summed E-state index contributed by atoms with van der Waals surface area (Å²) in [5.41, 5.74) is 0. The van der Waals surface area contributed by atoms with Crippen molar-refractivity contribution in [2.75, 3.05) is 7.11 Å². The van der Waals surface area contributed by atoms with Crippen LogP contribution in [-0.4, -0.2) is 12.1 Å². The highest BCUT2D eigenvalue weighted by molar-refractivity contribution is 9.10. The smallest absolute Gasteiger partial charge is 0.238 e. The minimum atomic E-state index is 0.375. The fraction of sp³-hybridized carbons (Fsp3) is 0.0833. The molecule has 0 aliphatic heterocycles. The van der Waals surface area contributed by atoms with Crippen molar-refractivity contribution in [2.45, 2.75) is 0 Å². The lowest BCUT2D eigenvalue weighted by molar-refractivity contribution is 0.411. The average molecular weight is 315 g/mol. The maximum Gasteiger partial charge on any atom is 0.238 e. The van der Waals surface area contributed by atoms with E-state index in [4.69, 9.17) is 21.1 Å². The Morgan fingerprint density at radius 2 is 2.12 bits per heavy atom. The highest BCUT2D eigenvalue weighted by atomic mass is 79.9. The number of halogens is 2. The zero-order valence-corrected chi connectivity index (χ0v) is 11.3. The molecule has 0 fully saturated rings. The molecular formula is C12H9BrClNO2. The number of benzene rings is 1. The molecule has 5 heteroatoms. The predicted molar refractivity (Wildman–Crippen MR) is 70.0 cm³/mol. The summed E-state index contributed by atoms with van der Waals surface area (Å²) < 4.78 is 11.5. The first-order valence-electron chi connectivity index (χ1n) is 4.82. The normalized spacial score (nSPS) is 10.1. The van der Waals surface area contributed by atoms with Crippen molar-refractivity contribution in [2.24, 2.45) is 0 Å². The van der Waals surface area contributed by atoms with E-state index in [-0.39, 0.29) is 0 Å². The van der Waals surface area contributed by atoms with E-state index in [1.54, 1.807) is 37.6 Å². The van der Waals surface area contributed by atoms with Crippen molar-refractivity contribution >= 4 is 27.5 Å². The van der Waals surface area contributed by atoms with E-state index in [0.717, 1.165) is 10.2 Å². The molecule has 0 amide bonds. The van der Waals surface area contributed by atoms with Crippen LogP contribution in [0.2, 0.25) is 5.02 Å². The van der Waals surface area contributed by atoms with Gasteiger partial charge in [0.25, 0.3) is 0 Å². The van der Waals surface area contributed by atoms with Crippen molar-refractivity contribution in [3.05, 3.63) is 46.0 Å². The van der Waals surface area contributed by atoms with Crippen LogP contribution in [-0.2, 0) is 0 Å². The molecule has 1 aromatic heterocycles. The molecule has 2 aromatic rings. The molecule has 0 atom stereocenters. The number of methoxy groups -OCH3 is 1. The molecule has 0 aliphatic carbocycles. The van der Waals surface area contributed by atoms with Gasteiger partial charge in [0.2, 0.25) is 5.88 Å². The van der Waals surface area contributed by atoms with Crippen LogP contribution in [0.4, 0.5) is 0 Å². The summed E-state index contributed by atoms with van der Waals surface area (Å²) in [5, 5.41) is 0.468. The molecule has 88 valence electrons. The molecule has 0 saturated heterocycles.